The first-order chi connectivity index (χ1) is 14.1. The molecule has 1 unspecified atom stereocenters. The Balaban J connectivity index is 0.00000341. The summed E-state index contributed by atoms with van der Waals surface area (Å²) in [6.45, 7) is -0.255. The molecule has 0 amide bonds. The molecule has 0 radical (unpaired) electrons. The summed E-state index contributed by atoms with van der Waals surface area (Å²) < 4.78 is 16.3. The number of hydrogen-bond acceptors (Lipinski definition) is 6. The van der Waals surface area contributed by atoms with Crippen molar-refractivity contribution in [3.63, 3.8) is 0 Å². The van der Waals surface area contributed by atoms with Gasteiger partial charge in [-0.15, -0.1) is 0 Å². The highest BCUT2D eigenvalue weighted by Crippen LogP contribution is 2.41. The number of ether oxygens (including phenoxy) is 3. The van der Waals surface area contributed by atoms with Crippen LogP contribution in [0.5, 0.6) is 11.5 Å². The molecule has 2 aromatic rings. The van der Waals surface area contributed by atoms with E-state index in [4.69, 9.17) is 14.2 Å². The normalized spacial score (nSPS) is 17.6. The summed E-state index contributed by atoms with van der Waals surface area (Å²) in [4.78, 5) is 39.4. The van der Waals surface area contributed by atoms with E-state index in [0.717, 1.165) is 0 Å². The number of ketones is 2. The monoisotopic (exact) mass is 447 g/mol. The number of nitrogens with zero attached hydrogens (tertiary/aromatic N) is 1. The Morgan fingerprint density at radius 2 is 1.42 bits per heavy atom. The molecule has 1 aliphatic carbocycles. The first kappa shape index (κ1) is 24.4. The topological polar surface area (TPSA) is 78.9 Å². The summed E-state index contributed by atoms with van der Waals surface area (Å²) in [5.41, 5.74) is -0.634. The van der Waals surface area contributed by atoms with Crippen molar-refractivity contribution in [1.29, 1.82) is 0 Å². The second-order valence-electron chi connectivity index (χ2n) is 8.31. The highest BCUT2D eigenvalue weighted by atomic mass is 35.5. The lowest BCUT2D eigenvalue weighted by atomic mass is 9.76. The number of Topliss-reactive ketones (excluding diaryl/α,β-unsaturated/α-hetero) is 2. The molecule has 0 spiro atoms. The van der Waals surface area contributed by atoms with E-state index in [-0.39, 0.29) is 31.1 Å². The molecule has 166 valence electrons. The first-order valence-corrected chi connectivity index (χ1v) is 9.50. The third-order valence-corrected chi connectivity index (χ3v) is 5.13. The SMILES string of the molecule is COc1ccc(C2(COC(=O)C[N+](C)(C)C)C(=O)c3ccc(OC)cc3C2=O)cc1.[Cl-]. The van der Waals surface area contributed by atoms with Gasteiger partial charge in [0.1, 0.15) is 18.1 Å². The number of carbonyl (C=O) groups is 3. The number of halogens is 1. The van der Waals surface area contributed by atoms with Crippen molar-refractivity contribution < 1.29 is 45.5 Å². The molecule has 7 nitrogen and oxygen atoms in total. The zero-order valence-electron chi connectivity index (χ0n) is 18.2. The number of hydrogen-bond donors (Lipinski definition) is 0. The molecular formula is C23H26ClNO6. The summed E-state index contributed by atoms with van der Waals surface area (Å²) in [5.74, 6) is -0.224. The van der Waals surface area contributed by atoms with Crippen molar-refractivity contribution in [2.24, 2.45) is 0 Å². The van der Waals surface area contributed by atoms with Gasteiger partial charge in [-0.3, -0.25) is 9.59 Å². The maximum atomic E-state index is 13.5. The zero-order valence-corrected chi connectivity index (χ0v) is 19.0. The van der Waals surface area contributed by atoms with Gasteiger partial charge < -0.3 is 31.1 Å². The number of carbonyl (C=O) groups excluding carboxylic acids is 3. The number of esters is 1. The Morgan fingerprint density at radius 1 is 0.871 bits per heavy atom. The van der Waals surface area contributed by atoms with Gasteiger partial charge in [0.05, 0.1) is 35.4 Å². The molecule has 0 saturated heterocycles. The molecular weight excluding hydrogens is 422 g/mol. The minimum atomic E-state index is -1.64. The third-order valence-electron chi connectivity index (χ3n) is 5.13. The average Bonchev–Trinajstić information content (AvgIpc) is 2.92. The van der Waals surface area contributed by atoms with Crippen molar-refractivity contribution in [2.75, 3.05) is 48.5 Å². The summed E-state index contributed by atoms with van der Waals surface area (Å²) in [6.07, 6.45) is 0. The second kappa shape index (κ2) is 9.08. The van der Waals surface area contributed by atoms with Gasteiger partial charge in [0.25, 0.3) is 0 Å². The molecule has 8 heteroatoms. The predicted octanol–water partition coefficient (Wildman–Crippen LogP) is -0.726. The fraction of sp³-hybridized carbons (Fsp3) is 0.348. The molecule has 0 fully saturated rings. The maximum absolute atomic E-state index is 13.5. The van der Waals surface area contributed by atoms with Crippen LogP contribution in [0.4, 0.5) is 0 Å². The van der Waals surface area contributed by atoms with Crippen LogP contribution in [-0.2, 0) is 14.9 Å². The van der Waals surface area contributed by atoms with Crippen LogP contribution in [0.1, 0.15) is 26.3 Å². The molecule has 1 aliphatic rings. The molecule has 1 atom stereocenters. The summed E-state index contributed by atoms with van der Waals surface area (Å²) in [7, 11) is 8.59. The minimum Gasteiger partial charge on any atom is -1.00 e. The maximum Gasteiger partial charge on any atom is 0.361 e. The Morgan fingerprint density at radius 3 is 1.97 bits per heavy atom. The summed E-state index contributed by atoms with van der Waals surface area (Å²) in [6, 6.07) is 11.4. The van der Waals surface area contributed by atoms with E-state index >= 15 is 0 Å². The van der Waals surface area contributed by atoms with Gasteiger partial charge in [0.15, 0.2) is 23.5 Å². The molecule has 0 aliphatic heterocycles. The lowest BCUT2D eigenvalue weighted by Gasteiger charge is -2.27. The molecule has 31 heavy (non-hydrogen) atoms. The number of quaternary nitrogens is 1. The molecule has 2 aromatic carbocycles. The number of benzene rings is 2. The molecule has 3 rings (SSSR count). The van der Waals surface area contributed by atoms with Gasteiger partial charge >= 0.3 is 5.97 Å². The van der Waals surface area contributed by atoms with Crippen molar-refractivity contribution in [3.05, 3.63) is 59.2 Å². The van der Waals surface area contributed by atoms with Crippen LogP contribution in [0.2, 0.25) is 0 Å². The van der Waals surface area contributed by atoms with Gasteiger partial charge in [0.2, 0.25) is 0 Å². The lowest BCUT2D eigenvalue weighted by molar-refractivity contribution is -0.862. The number of methoxy groups -OCH3 is 2. The highest BCUT2D eigenvalue weighted by molar-refractivity contribution is 6.33. The van der Waals surface area contributed by atoms with Crippen LogP contribution in [0.25, 0.3) is 0 Å². The Bertz CT molecular complexity index is 996. The van der Waals surface area contributed by atoms with Gasteiger partial charge in [-0.2, -0.15) is 0 Å². The molecule has 0 bridgehead atoms. The van der Waals surface area contributed by atoms with E-state index in [1.54, 1.807) is 42.5 Å². The van der Waals surface area contributed by atoms with E-state index in [1.807, 2.05) is 21.1 Å². The molecule has 0 saturated carbocycles. The van der Waals surface area contributed by atoms with Gasteiger partial charge in [0, 0.05) is 11.1 Å². The van der Waals surface area contributed by atoms with Crippen LogP contribution < -0.4 is 21.9 Å². The number of likely N-dealkylation sites (N-methyl/N-ethyl adjacent to an activating group) is 1. The van der Waals surface area contributed by atoms with E-state index in [1.165, 1.54) is 14.2 Å². The fourth-order valence-electron chi connectivity index (χ4n) is 3.57. The quantitative estimate of drug-likeness (QED) is 0.316. The Labute approximate surface area is 187 Å². The fourth-order valence-corrected chi connectivity index (χ4v) is 3.57. The largest absolute Gasteiger partial charge is 1.00 e. The summed E-state index contributed by atoms with van der Waals surface area (Å²) in [5, 5.41) is 0. The zero-order chi connectivity index (χ0) is 22.1. The number of rotatable bonds is 7. The standard InChI is InChI=1S/C23H26NO6.ClH/c1-24(2,3)13-20(25)30-14-23(15-6-8-16(28-4)9-7-15)21(26)18-11-10-17(29-5)12-19(18)22(23)27;/h6-12H,13-14H2,1-5H3;1H/q+1;/p-1. The second-order valence-corrected chi connectivity index (χ2v) is 8.31. The van der Waals surface area contributed by atoms with Crippen LogP contribution in [0.15, 0.2) is 42.5 Å². The van der Waals surface area contributed by atoms with Gasteiger partial charge in [-0.1, -0.05) is 12.1 Å². The Kier molecular flexibility index (Phi) is 7.14. The van der Waals surface area contributed by atoms with Crippen LogP contribution >= 0.6 is 0 Å². The molecule has 0 heterocycles. The smallest absolute Gasteiger partial charge is 0.361 e. The van der Waals surface area contributed by atoms with Gasteiger partial charge in [-0.25, -0.2) is 4.79 Å². The Hall–Kier alpha value is -2.90. The van der Waals surface area contributed by atoms with E-state index in [9.17, 15) is 14.4 Å². The lowest BCUT2D eigenvalue weighted by Crippen LogP contribution is -3.00. The predicted molar refractivity (Wildman–Crippen MR) is 110 cm³/mol. The average molecular weight is 448 g/mol. The van der Waals surface area contributed by atoms with Crippen molar-refractivity contribution in [3.8, 4) is 11.5 Å². The number of fused-ring (bicyclic) bond motifs is 1. The first-order valence-electron chi connectivity index (χ1n) is 9.50. The van der Waals surface area contributed by atoms with Crippen LogP contribution in [-0.4, -0.2) is 70.5 Å². The minimum absolute atomic E-state index is 0. The van der Waals surface area contributed by atoms with Gasteiger partial charge in [-0.05, 0) is 35.9 Å². The van der Waals surface area contributed by atoms with Crippen LogP contribution in [0.3, 0.4) is 0 Å². The highest BCUT2D eigenvalue weighted by Gasteiger charge is 2.55. The van der Waals surface area contributed by atoms with E-state index < -0.39 is 23.0 Å². The van der Waals surface area contributed by atoms with E-state index in [0.29, 0.717) is 27.1 Å². The van der Waals surface area contributed by atoms with Crippen LogP contribution in [0, 0.1) is 0 Å². The van der Waals surface area contributed by atoms with Crippen molar-refractivity contribution in [1.82, 2.24) is 0 Å². The third kappa shape index (κ3) is 4.57. The van der Waals surface area contributed by atoms with Crippen molar-refractivity contribution in [2.45, 2.75) is 5.41 Å². The molecule has 0 N–H and O–H groups in total. The van der Waals surface area contributed by atoms with Crippen molar-refractivity contribution >= 4 is 17.5 Å². The van der Waals surface area contributed by atoms with E-state index in [2.05, 4.69) is 0 Å². The summed E-state index contributed by atoms with van der Waals surface area (Å²) >= 11 is 0. The molecule has 0 aromatic heterocycles.